The molecule has 17 heavy (non-hydrogen) atoms. The quantitative estimate of drug-likeness (QED) is 0.849. The number of nitrogens with two attached hydrogens (primary N) is 1. The summed E-state index contributed by atoms with van der Waals surface area (Å²) in [6.07, 6.45) is 0. The lowest BCUT2D eigenvalue weighted by molar-refractivity contribution is 0.562. The van der Waals surface area contributed by atoms with Gasteiger partial charge in [0.2, 0.25) is 10.0 Å². The second-order valence-corrected chi connectivity index (χ2v) is 5.60. The zero-order chi connectivity index (χ0) is 13.1. The Balaban J connectivity index is 3.19. The van der Waals surface area contributed by atoms with Crippen LogP contribution in [0.2, 0.25) is 5.02 Å². The van der Waals surface area contributed by atoms with Crippen molar-refractivity contribution in [3.05, 3.63) is 28.8 Å². The highest BCUT2D eigenvalue weighted by atomic mass is 35.5. The van der Waals surface area contributed by atoms with Gasteiger partial charge in [-0.3, -0.25) is 0 Å². The van der Waals surface area contributed by atoms with Gasteiger partial charge in [-0.15, -0.1) is 0 Å². The molecule has 1 unspecified atom stereocenters. The van der Waals surface area contributed by atoms with Crippen LogP contribution in [0.25, 0.3) is 0 Å². The van der Waals surface area contributed by atoms with Gasteiger partial charge in [-0.25, -0.2) is 13.1 Å². The van der Waals surface area contributed by atoms with Gasteiger partial charge in [0.25, 0.3) is 0 Å². The van der Waals surface area contributed by atoms with E-state index in [9.17, 15) is 8.42 Å². The normalized spacial score (nSPS) is 13.1. The fourth-order valence-electron chi connectivity index (χ4n) is 1.16. The van der Waals surface area contributed by atoms with E-state index in [1.165, 1.54) is 18.2 Å². The largest absolute Gasteiger partial charge is 0.329 e. The molecule has 0 amide bonds. The number of sulfonamides is 1. The SMILES string of the molecule is CC(CN)NS(=O)(=O)c1cc(C#N)ccc1Cl. The lowest BCUT2D eigenvalue weighted by Gasteiger charge is -2.13. The van der Waals surface area contributed by atoms with E-state index in [1.54, 1.807) is 6.92 Å². The monoisotopic (exact) mass is 273 g/mol. The van der Waals surface area contributed by atoms with Gasteiger partial charge < -0.3 is 5.73 Å². The summed E-state index contributed by atoms with van der Waals surface area (Å²) < 4.78 is 26.2. The van der Waals surface area contributed by atoms with E-state index < -0.39 is 16.1 Å². The van der Waals surface area contributed by atoms with Crippen molar-refractivity contribution in [1.29, 1.82) is 5.26 Å². The number of halogens is 1. The molecule has 1 rings (SSSR count). The van der Waals surface area contributed by atoms with Crippen molar-refractivity contribution in [2.45, 2.75) is 17.9 Å². The van der Waals surface area contributed by atoms with Crippen LogP contribution in [-0.4, -0.2) is 21.0 Å². The molecule has 0 saturated carbocycles. The van der Waals surface area contributed by atoms with Crippen molar-refractivity contribution in [3.63, 3.8) is 0 Å². The maximum absolute atomic E-state index is 11.9. The number of hydrogen-bond donors (Lipinski definition) is 2. The third-order valence-electron chi connectivity index (χ3n) is 2.06. The van der Waals surface area contributed by atoms with Crippen molar-refractivity contribution < 1.29 is 8.42 Å². The molecule has 0 aromatic heterocycles. The molecular formula is C10H12ClN3O2S. The average Bonchev–Trinajstić information content (AvgIpc) is 2.28. The summed E-state index contributed by atoms with van der Waals surface area (Å²) in [5, 5.41) is 8.79. The van der Waals surface area contributed by atoms with E-state index in [0.29, 0.717) is 0 Å². The molecule has 0 aliphatic rings. The Bertz CT molecular complexity index is 551. The second kappa shape index (κ2) is 5.47. The molecule has 1 aromatic carbocycles. The standard InChI is InChI=1S/C10H12ClN3O2S/c1-7(5-12)14-17(15,16)10-4-8(6-13)2-3-9(10)11/h2-4,7,14H,5,12H2,1H3. The molecule has 92 valence electrons. The predicted octanol–water partition coefficient (Wildman–Crippen LogP) is 0.837. The van der Waals surface area contributed by atoms with Crippen LogP contribution >= 0.6 is 11.6 Å². The van der Waals surface area contributed by atoms with Gasteiger partial charge in [-0.2, -0.15) is 5.26 Å². The van der Waals surface area contributed by atoms with Gasteiger partial charge in [0, 0.05) is 12.6 Å². The van der Waals surface area contributed by atoms with Crippen LogP contribution in [0.5, 0.6) is 0 Å². The first-order chi connectivity index (χ1) is 7.90. The number of nitriles is 1. The lowest BCUT2D eigenvalue weighted by atomic mass is 10.2. The van der Waals surface area contributed by atoms with E-state index in [-0.39, 0.29) is 22.0 Å². The zero-order valence-corrected chi connectivity index (χ0v) is 10.7. The van der Waals surface area contributed by atoms with Crippen LogP contribution in [0.3, 0.4) is 0 Å². The van der Waals surface area contributed by atoms with Gasteiger partial charge >= 0.3 is 0 Å². The molecule has 0 aliphatic heterocycles. The summed E-state index contributed by atoms with van der Waals surface area (Å²) in [6.45, 7) is 1.81. The van der Waals surface area contributed by atoms with E-state index >= 15 is 0 Å². The van der Waals surface area contributed by atoms with Crippen molar-refractivity contribution in [2.75, 3.05) is 6.54 Å². The Labute approximate surface area is 105 Å². The first kappa shape index (κ1) is 13.9. The molecule has 0 radical (unpaired) electrons. The Morgan fingerprint density at radius 3 is 2.76 bits per heavy atom. The van der Waals surface area contributed by atoms with Gasteiger partial charge in [-0.05, 0) is 25.1 Å². The number of hydrogen-bond acceptors (Lipinski definition) is 4. The van der Waals surface area contributed by atoms with Crippen LogP contribution in [0.1, 0.15) is 12.5 Å². The van der Waals surface area contributed by atoms with Gasteiger partial charge in [0.15, 0.2) is 0 Å². The summed E-state index contributed by atoms with van der Waals surface area (Å²) in [4.78, 5) is -0.112. The van der Waals surface area contributed by atoms with Gasteiger partial charge in [0.1, 0.15) is 4.90 Å². The predicted molar refractivity (Wildman–Crippen MR) is 65.0 cm³/mol. The fraction of sp³-hybridized carbons (Fsp3) is 0.300. The third-order valence-corrected chi connectivity index (χ3v) is 4.13. The van der Waals surface area contributed by atoms with Crippen LogP contribution in [-0.2, 0) is 10.0 Å². The van der Waals surface area contributed by atoms with Crippen molar-refractivity contribution in [1.82, 2.24) is 4.72 Å². The van der Waals surface area contributed by atoms with Gasteiger partial charge in [0.05, 0.1) is 16.7 Å². The molecular weight excluding hydrogens is 262 g/mol. The van der Waals surface area contributed by atoms with Crippen molar-refractivity contribution >= 4 is 21.6 Å². The maximum atomic E-state index is 11.9. The molecule has 0 spiro atoms. The Hall–Kier alpha value is -1.13. The number of nitrogens with one attached hydrogen (secondary N) is 1. The molecule has 3 N–H and O–H groups in total. The van der Waals surface area contributed by atoms with E-state index in [0.717, 1.165) is 0 Å². The van der Waals surface area contributed by atoms with Crippen LogP contribution in [0.15, 0.2) is 23.1 Å². The molecule has 1 atom stereocenters. The molecule has 0 saturated heterocycles. The number of rotatable bonds is 4. The molecule has 1 aromatic rings. The molecule has 0 heterocycles. The van der Waals surface area contributed by atoms with Crippen molar-refractivity contribution in [2.24, 2.45) is 5.73 Å². The smallest absolute Gasteiger partial charge is 0.242 e. The molecule has 7 heteroatoms. The Kier molecular flexibility index (Phi) is 4.48. The first-order valence-electron chi connectivity index (χ1n) is 4.82. The van der Waals surface area contributed by atoms with E-state index in [1.807, 2.05) is 6.07 Å². The van der Waals surface area contributed by atoms with E-state index in [2.05, 4.69) is 4.72 Å². The molecule has 0 aliphatic carbocycles. The zero-order valence-electron chi connectivity index (χ0n) is 9.14. The minimum Gasteiger partial charge on any atom is -0.329 e. The summed E-state index contributed by atoms with van der Waals surface area (Å²) in [6, 6.07) is 5.52. The lowest BCUT2D eigenvalue weighted by Crippen LogP contribution is -2.37. The van der Waals surface area contributed by atoms with Crippen LogP contribution in [0.4, 0.5) is 0 Å². The highest BCUT2D eigenvalue weighted by Crippen LogP contribution is 2.22. The highest BCUT2D eigenvalue weighted by Gasteiger charge is 2.20. The maximum Gasteiger partial charge on any atom is 0.242 e. The molecule has 0 bridgehead atoms. The Morgan fingerprint density at radius 2 is 2.24 bits per heavy atom. The van der Waals surface area contributed by atoms with Crippen LogP contribution < -0.4 is 10.5 Å². The summed E-state index contributed by atoms with van der Waals surface area (Å²) in [5.74, 6) is 0. The second-order valence-electron chi connectivity index (χ2n) is 3.52. The number of benzene rings is 1. The minimum absolute atomic E-state index is 0.0701. The summed E-state index contributed by atoms with van der Waals surface area (Å²) >= 11 is 5.80. The average molecular weight is 274 g/mol. The van der Waals surface area contributed by atoms with Crippen LogP contribution in [0, 0.1) is 11.3 Å². The van der Waals surface area contributed by atoms with Gasteiger partial charge in [-0.1, -0.05) is 11.6 Å². The molecule has 5 nitrogen and oxygen atoms in total. The topological polar surface area (TPSA) is 96.0 Å². The summed E-state index contributed by atoms with van der Waals surface area (Å²) in [5.41, 5.74) is 5.57. The van der Waals surface area contributed by atoms with E-state index in [4.69, 9.17) is 22.6 Å². The third kappa shape index (κ3) is 3.41. The highest BCUT2D eigenvalue weighted by molar-refractivity contribution is 7.89. The van der Waals surface area contributed by atoms with Crippen molar-refractivity contribution in [3.8, 4) is 6.07 Å². The first-order valence-corrected chi connectivity index (χ1v) is 6.69. The fourth-order valence-corrected chi connectivity index (χ4v) is 2.94. The number of nitrogens with zero attached hydrogens (tertiary/aromatic N) is 1. The summed E-state index contributed by atoms with van der Waals surface area (Å²) in [7, 11) is -3.75. The molecule has 0 fully saturated rings. The minimum atomic E-state index is -3.75. The Morgan fingerprint density at radius 1 is 1.59 bits per heavy atom.